The molecule has 5 heteroatoms. The minimum atomic E-state index is -0.498. The number of amides is 2. The van der Waals surface area contributed by atoms with Gasteiger partial charge in [-0.1, -0.05) is 12.1 Å². The van der Waals surface area contributed by atoms with Crippen molar-refractivity contribution in [2.24, 2.45) is 11.3 Å². The van der Waals surface area contributed by atoms with Gasteiger partial charge in [0.2, 0.25) is 11.8 Å². The van der Waals surface area contributed by atoms with Gasteiger partial charge in [-0.2, -0.15) is 0 Å². The van der Waals surface area contributed by atoms with Crippen molar-refractivity contribution < 1.29 is 14.3 Å². The molecule has 1 aromatic rings. The van der Waals surface area contributed by atoms with Crippen molar-refractivity contribution in [3.05, 3.63) is 29.8 Å². The third-order valence-corrected chi connectivity index (χ3v) is 5.07. The van der Waals surface area contributed by atoms with Gasteiger partial charge >= 0.3 is 0 Å². The number of hydrogen-bond donors (Lipinski definition) is 1. The summed E-state index contributed by atoms with van der Waals surface area (Å²) in [4.78, 5) is 26.9. The van der Waals surface area contributed by atoms with Crippen molar-refractivity contribution in [3.63, 3.8) is 0 Å². The molecule has 5 nitrogen and oxygen atoms in total. The van der Waals surface area contributed by atoms with E-state index in [2.05, 4.69) is 5.32 Å². The molecule has 1 aliphatic carbocycles. The average molecular weight is 330 g/mol. The number of hydrogen-bond acceptors (Lipinski definition) is 3. The van der Waals surface area contributed by atoms with Gasteiger partial charge < -0.3 is 15.0 Å². The van der Waals surface area contributed by atoms with E-state index in [9.17, 15) is 9.59 Å². The Hall–Kier alpha value is -2.04. The summed E-state index contributed by atoms with van der Waals surface area (Å²) >= 11 is 0. The number of likely N-dealkylation sites (tertiary alicyclic amines) is 1. The smallest absolute Gasteiger partial charge is 0.227 e. The Morgan fingerprint density at radius 2 is 2.17 bits per heavy atom. The van der Waals surface area contributed by atoms with Crippen LogP contribution in [0.25, 0.3) is 0 Å². The molecule has 1 aromatic carbocycles. The lowest BCUT2D eigenvalue weighted by atomic mass is 9.80. The van der Waals surface area contributed by atoms with Crippen LogP contribution < -0.4 is 10.1 Å². The number of ether oxygens (including phenoxy) is 1. The van der Waals surface area contributed by atoms with Crippen LogP contribution in [-0.4, -0.2) is 36.9 Å². The van der Waals surface area contributed by atoms with Crippen LogP contribution in [0, 0.1) is 11.3 Å². The molecule has 1 saturated carbocycles. The van der Waals surface area contributed by atoms with Crippen molar-refractivity contribution >= 4 is 11.8 Å². The number of methoxy groups -OCH3 is 1. The average Bonchev–Trinajstić information content (AvgIpc) is 3.44. The fourth-order valence-electron chi connectivity index (χ4n) is 3.38. The van der Waals surface area contributed by atoms with Crippen molar-refractivity contribution in [2.45, 2.75) is 39.2 Å². The largest absolute Gasteiger partial charge is 0.497 e. The zero-order valence-electron chi connectivity index (χ0n) is 14.5. The quantitative estimate of drug-likeness (QED) is 0.901. The van der Waals surface area contributed by atoms with Crippen LogP contribution in [-0.2, 0) is 16.1 Å². The fourth-order valence-corrected chi connectivity index (χ4v) is 3.38. The van der Waals surface area contributed by atoms with Crippen molar-refractivity contribution in [3.8, 4) is 5.75 Å². The van der Waals surface area contributed by atoms with E-state index < -0.39 is 5.41 Å². The van der Waals surface area contributed by atoms with Gasteiger partial charge in [0.15, 0.2) is 0 Å². The second-order valence-corrected chi connectivity index (χ2v) is 7.23. The molecule has 2 aliphatic rings. The SMILES string of the molecule is COc1cccc(CNC(=O)C2(C)CCCN(C(=O)C3CC3)C2)c1. The number of piperidine rings is 1. The van der Waals surface area contributed by atoms with Gasteiger partial charge in [-0.25, -0.2) is 0 Å². The van der Waals surface area contributed by atoms with Crippen LogP contribution in [0.5, 0.6) is 5.75 Å². The molecule has 0 aromatic heterocycles. The van der Waals surface area contributed by atoms with Gasteiger partial charge in [0.05, 0.1) is 12.5 Å². The molecular weight excluding hydrogens is 304 g/mol. The molecular formula is C19H26N2O3. The Labute approximate surface area is 143 Å². The molecule has 2 amide bonds. The summed E-state index contributed by atoms with van der Waals surface area (Å²) in [5.41, 5.74) is 0.509. The summed E-state index contributed by atoms with van der Waals surface area (Å²) in [6.07, 6.45) is 3.73. The Kier molecular flexibility index (Phi) is 4.78. The Balaban J connectivity index is 1.59. The lowest BCUT2D eigenvalue weighted by Gasteiger charge is -2.39. The summed E-state index contributed by atoms with van der Waals surface area (Å²) in [6, 6.07) is 7.69. The number of rotatable bonds is 5. The van der Waals surface area contributed by atoms with E-state index in [0.717, 1.165) is 43.5 Å². The zero-order chi connectivity index (χ0) is 17.2. The molecule has 1 aliphatic heterocycles. The molecule has 3 rings (SSSR count). The van der Waals surface area contributed by atoms with Crippen LogP contribution in [0.15, 0.2) is 24.3 Å². The van der Waals surface area contributed by atoms with E-state index in [-0.39, 0.29) is 17.7 Å². The van der Waals surface area contributed by atoms with Crippen LogP contribution in [0.1, 0.15) is 38.2 Å². The van der Waals surface area contributed by atoms with E-state index in [1.165, 1.54) is 0 Å². The number of nitrogens with zero attached hydrogens (tertiary/aromatic N) is 1. The maximum absolute atomic E-state index is 12.7. The molecule has 0 radical (unpaired) electrons. The summed E-state index contributed by atoms with van der Waals surface area (Å²) in [7, 11) is 1.63. The summed E-state index contributed by atoms with van der Waals surface area (Å²) in [6.45, 7) is 3.77. The first kappa shape index (κ1) is 16.8. The first-order valence-electron chi connectivity index (χ1n) is 8.72. The maximum atomic E-state index is 12.7. The minimum absolute atomic E-state index is 0.0265. The highest BCUT2D eigenvalue weighted by Gasteiger charge is 2.42. The monoisotopic (exact) mass is 330 g/mol. The number of carbonyl (C=O) groups excluding carboxylic acids is 2. The van der Waals surface area contributed by atoms with Crippen molar-refractivity contribution in [1.82, 2.24) is 10.2 Å². The number of nitrogens with one attached hydrogen (secondary N) is 1. The normalized spacial score (nSPS) is 23.7. The molecule has 1 unspecified atom stereocenters. The summed E-state index contributed by atoms with van der Waals surface area (Å²) in [5.74, 6) is 1.26. The van der Waals surface area contributed by atoms with Gasteiger partial charge in [-0.05, 0) is 50.3 Å². The van der Waals surface area contributed by atoms with E-state index in [0.29, 0.717) is 13.1 Å². The molecule has 24 heavy (non-hydrogen) atoms. The van der Waals surface area contributed by atoms with Gasteiger partial charge in [0, 0.05) is 25.6 Å². The molecule has 1 N–H and O–H groups in total. The fraction of sp³-hybridized carbons (Fsp3) is 0.579. The van der Waals surface area contributed by atoms with Gasteiger partial charge in [0.25, 0.3) is 0 Å². The third-order valence-electron chi connectivity index (χ3n) is 5.07. The molecule has 0 bridgehead atoms. The van der Waals surface area contributed by atoms with E-state index in [4.69, 9.17) is 4.74 Å². The molecule has 1 atom stereocenters. The molecule has 1 heterocycles. The van der Waals surface area contributed by atoms with Gasteiger partial charge in [-0.15, -0.1) is 0 Å². The number of benzene rings is 1. The lowest BCUT2D eigenvalue weighted by molar-refractivity contribution is -0.141. The molecule has 2 fully saturated rings. The Morgan fingerprint density at radius 1 is 1.38 bits per heavy atom. The van der Waals surface area contributed by atoms with E-state index in [1.807, 2.05) is 36.1 Å². The minimum Gasteiger partial charge on any atom is -0.497 e. The molecule has 0 spiro atoms. The highest BCUT2D eigenvalue weighted by molar-refractivity contribution is 5.85. The third kappa shape index (κ3) is 3.71. The first-order valence-corrected chi connectivity index (χ1v) is 8.72. The highest BCUT2D eigenvalue weighted by atomic mass is 16.5. The van der Waals surface area contributed by atoms with Crippen LogP contribution in [0.4, 0.5) is 0 Å². The van der Waals surface area contributed by atoms with Gasteiger partial charge in [-0.3, -0.25) is 9.59 Å². The predicted octanol–water partition coefficient (Wildman–Crippen LogP) is 2.35. The maximum Gasteiger partial charge on any atom is 0.227 e. The van der Waals surface area contributed by atoms with Crippen LogP contribution in [0.3, 0.4) is 0 Å². The predicted molar refractivity (Wildman–Crippen MR) is 91.5 cm³/mol. The van der Waals surface area contributed by atoms with Crippen LogP contribution >= 0.6 is 0 Å². The first-order chi connectivity index (χ1) is 11.5. The Morgan fingerprint density at radius 3 is 2.88 bits per heavy atom. The Bertz CT molecular complexity index is 627. The van der Waals surface area contributed by atoms with Crippen molar-refractivity contribution in [1.29, 1.82) is 0 Å². The standard InChI is InChI=1S/C19H26N2O3/c1-19(9-4-10-21(13-19)17(22)15-7-8-15)18(23)20-12-14-5-3-6-16(11-14)24-2/h3,5-6,11,15H,4,7-10,12-13H2,1-2H3,(H,20,23). The zero-order valence-corrected chi connectivity index (χ0v) is 14.5. The number of carbonyl (C=O) groups is 2. The van der Waals surface area contributed by atoms with E-state index >= 15 is 0 Å². The highest BCUT2D eigenvalue weighted by Crippen LogP contribution is 2.35. The van der Waals surface area contributed by atoms with Crippen LogP contribution in [0.2, 0.25) is 0 Å². The summed E-state index contributed by atoms with van der Waals surface area (Å²) in [5, 5.41) is 3.03. The van der Waals surface area contributed by atoms with Crippen molar-refractivity contribution in [2.75, 3.05) is 20.2 Å². The summed E-state index contributed by atoms with van der Waals surface area (Å²) < 4.78 is 5.21. The molecule has 130 valence electrons. The molecule has 1 saturated heterocycles. The van der Waals surface area contributed by atoms with Gasteiger partial charge in [0.1, 0.15) is 5.75 Å². The second-order valence-electron chi connectivity index (χ2n) is 7.23. The second kappa shape index (κ2) is 6.83. The topological polar surface area (TPSA) is 58.6 Å². The lowest BCUT2D eigenvalue weighted by Crippen LogP contribution is -2.52. The van der Waals surface area contributed by atoms with E-state index in [1.54, 1.807) is 7.11 Å².